The number of nitrogens with one attached hydrogen (secondary N) is 2. The van der Waals surface area contributed by atoms with Crippen LogP contribution in [-0.2, 0) is 27.2 Å². The van der Waals surface area contributed by atoms with E-state index in [0.717, 1.165) is 5.56 Å². The van der Waals surface area contributed by atoms with Crippen LogP contribution in [0.2, 0.25) is 5.02 Å². The van der Waals surface area contributed by atoms with Gasteiger partial charge in [-0.2, -0.15) is 0 Å². The molecule has 0 aliphatic heterocycles. The molecule has 0 bridgehead atoms. The van der Waals surface area contributed by atoms with Crippen molar-refractivity contribution in [3.05, 3.63) is 74.6 Å². The van der Waals surface area contributed by atoms with E-state index in [0.29, 0.717) is 28.1 Å². The van der Waals surface area contributed by atoms with Crippen molar-refractivity contribution in [2.45, 2.75) is 51.6 Å². The standard InChI is InChI=1S/C27H29ClN2O7/c1-4-8-20(25(32)30-21(26(33)34)11-16-9-6-5-7-10-16)29-24(31)13-18-15(2)17-12-19(28)23(36-3)14-22(17)37-27(18)35/h5-7,9-10,12,14,20-21H,4,8,11,13H2,1-3H3,(H,29,31)(H,30,32)(H,33,34)/t20?,21-/m0/s1. The van der Waals surface area contributed by atoms with Crippen LogP contribution in [-0.4, -0.2) is 42.1 Å². The van der Waals surface area contributed by atoms with E-state index >= 15 is 0 Å². The van der Waals surface area contributed by atoms with Gasteiger partial charge in [0.2, 0.25) is 11.8 Å². The van der Waals surface area contributed by atoms with Gasteiger partial charge in [0.1, 0.15) is 23.4 Å². The number of carbonyl (C=O) groups is 3. The lowest BCUT2D eigenvalue weighted by atomic mass is 10.0. The van der Waals surface area contributed by atoms with E-state index in [1.165, 1.54) is 13.2 Å². The van der Waals surface area contributed by atoms with E-state index in [1.807, 2.05) is 13.0 Å². The Morgan fingerprint density at radius 1 is 1.11 bits per heavy atom. The van der Waals surface area contributed by atoms with E-state index in [1.54, 1.807) is 37.3 Å². The summed E-state index contributed by atoms with van der Waals surface area (Å²) in [5.74, 6) is -2.02. The number of rotatable bonds is 11. The second-order valence-electron chi connectivity index (χ2n) is 8.65. The average molecular weight is 529 g/mol. The number of carboxylic acid groups (broad SMARTS) is 1. The van der Waals surface area contributed by atoms with Crippen molar-refractivity contribution in [3.63, 3.8) is 0 Å². The van der Waals surface area contributed by atoms with Crippen molar-refractivity contribution >= 4 is 40.4 Å². The fourth-order valence-electron chi connectivity index (χ4n) is 4.04. The van der Waals surface area contributed by atoms with Gasteiger partial charge in [0.25, 0.3) is 0 Å². The highest BCUT2D eigenvalue weighted by Crippen LogP contribution is 2.31. The van der Waals surface area contributed by atoms with Crippen LogP contribution in [0.4, 0.5) is 0 Å². The number of hydrogen-bond acceptors (Lipinski definition) is 6. The molecule has 37 heavy (non-hydrogen) atoms. The molecule has 196 valence electrons. The van der Waals surface area contributed by atoms with Gasteiger partial charge in [-0.15, -0.1) is 0 Å². The van der Waals surface area contributed by atoms with Crippen LogP contribution in [0.25, 0.3) is 11.0 Å². The highest BCUT2D eigenvalue weighted by molar-refractivity contribution is 6.32. The number of aliphatic carboxylic acids is 1. The molecule has 0 radical (unpaired) electrons. The molecule has 3 N–H and O–H groups in total. The molecule has 9 nitrogen and oxygen atoms in total. The Labute approximate surface area is 218 Å². The Balaban J connectivity index is 1.76. The minimum Gasteiger partial charge on any atom is -0.495 e. The van der Waals surface area contributed by atoms with Gasteiger partial charge in [-0.05, 0) is 30.5 Å². The first-order valence-electron chi connectivity index (χ1n) is 11.8. The van der Waals surface area contributed by atoms with Crippen LogP contribution in [0.1, 0.15) is 36.5 Å². The van der Waals surface area contributed by atoms with Crippen LogP contribution in [0.3, 0.4) is 0 Å². The van der Waals surface area contributed by atoms with E-state index in [2.05, 4.69) is 10.6 Å². The van der Waals surface area contributed by atoms with Crippen molar-refractivity contribution in [1.29, 1.82) is 0 Å². The van der Waals surface area contributed by atoms with Crippen molar-refractivity contribution in [1.82, 2.24) is 10.6 Å². The Hall–Kier alpha value is -3.85. The first-order valence-corrected chi connectivity index (χ1v) is 12.2. The fourth-order valence-corrected chi connectivity index (χ4v) is 4.28. The number of hydrogen-bond donors (Lipinski definition) is 3. The number of aryl methyl sites for hydroxylation is 1. The van der Waals surface area contributed by atoms with Gasteiger partial charge in [0.05, 0.1) is 24.1 Å². The SMILES string of the molecule is CCCC(NC(=O)Cc1c(C)c2cc(Cl)c(OC)cc2oc1=O)C(=O)N[C@@H](Cc1ccccc1)C(=O)O. The fraction of sp³-hybridized carbons (Fsp3) is 0.333. The van der Waals surface area contributed by atoms with Gasteiger partial charge in [-0.1, -0.05) is 55.3 Å². The molecule has 10 heteroatoms. The Morgan fingerprint density at radius 3 is 2.43 bits per heavy atom. The number of benzene rings is 2. The zero-order chi connectivity index (χ0) is 27.1. The monoisotopic (exact) mass is 528 g/mol. The van der Waals surface area contributed by atoms with Crippen LogP contribution < -0.4 is 21.0 Å². The molecule has 0 spiro atoms. The van der Waals surface area contributed by atoms with E-state index in [4.69, 9.17) is 20.8 Å². The summed E-state index contributed by atoms with van der Waals surface area (Å²) >= 11 is 6.22. The summed E-state index contributed by atoms with van der Waals surface area (Å²) in [7, 11) is 1.44. The van der Waals surface area contributed by atoms with Gasteiger partial charge in [-0.3, -0.25) is 9.59 Å². The number of carboxylic acids is 1. The lowest BCUT2D eigenvalue weighted by molar-refractivity contribution is -0.142. The van der Waals surface area contributed by atoms with Gasteiger partial charge in [0, 0.05) is 17.9 Å². The molecule has 2 atom stereocenters. The summed E-state index contributed by atoms with van der Waals surface area (Å²) in [5.41, 5.74) is 0.997. The van der Waals surface area contributed by atoms with E-state index in [9.17, 15) is 24.3 Å². The molecule has 1 aromatic heterocycles. The van der Waals surface area contributed by atoms with Gasteiger partial charge in [0.15, 0.2) is 0 Å². The maximum atomic E-state index is 12.9. The quantitative estimate of drug-likeness (QED) is 0.324. The lowest BCUT2D eigenvalue weighted by Crippen LogP contribution is -2.52. The predicted molar refractivity (Wildman–Crippen MR) is 139 cm³/mol. The molecule has 1 unspecified atom stereocenters. The molecule has 3 rings (SSSR count). The van der Waals surface area contributed by atoms with E-state index in [-0.39, 0.29) is 30.4 Å². The minimum absolute atomic E-state index is 0.0966. The number of fused-ring (bicyclic) bond motifs is 1. The molecule has 2 aromatic carbocycles. The largest absolute Gasteiger partial charge is 0.495 e. The molecule has 0 aliphatic rings. The second-order valence-corrected chi connectivity index (χ2v) is 9.06. The molecule has 0 saturated carbocycles. The minimum atomic E-state index is -1.18. The Bertz CT molecular complexity index is 1350. The highest BCUT2D eigenvalue weighted by Gasteiger charge is 2.27. The molecule has 0 saturated heterocycles. The first-order chi connectivity index (χ1) is 17.6. The summed E-state index contributed by atoms with van der Waals surface area (Å²) in [4.78, 5) is 50.2. The van der Waals surface area contributed by atoms with Crippen LogP contribution in [0.5, 0.6) is 5.75 Å². The zero-order valence-electron chi connectivity index (χ0n) is 20.8. The third kappa shape index (κ3) is 6.89. The van der Waals surface area contributed by atoms with Crippen molar-refractivity contribution in [2.24, 2.45) is 0 Å². The molecule has 3 aromatic rings. The van der Waals surface area contributed by atoms with Gasteiger partial charge >= 0.3 is 11.6 Å². The first kappa shape index (κ1) is 27.7. The number of carbonyl (C=O) groups excluding carboxylic acids is 2. The molecule has 2 amide bonds. The average Bonchev–Trinajstić information content (AvgIpc) is 2.86. The molecule has 0 fully saturated rings. The maximum Gasteiger partial charge on any atom is 0.340 e. The molecular weight excluding hydrogens is 500 g/mol. The van der Waals surface area contributed by atoms with Crippen LogP contribution in [0.15, 0.2) is 51.7 Å². The number of amides is 2. The van der Waals surface area contributed by atoms with Gasteiger partial charge < -0.3 is 24.9 Å². The summed E-state index contributed by atoms with van der Waals surface area (Å²) < 4.78 is 10.5. The normalized spacial score (nSPS) is 12.5. The third-order valence-electron chi connectivity index (χ3n) is 6.02. The van der Waals surface area contributed by atoms with Gasteiger partial charge in [-0.25, -0.2) is 9.59 Å². The second kappa shape index (κ2) is 12.4. The Morgan fingerprint density at radius 2 is 1.81 bits per heavy atom. The highest BCUT2D eigenvalue weighted by atomic mass is 35.5. The topological polar surface area (TPSA) is 135 Å². The summed E-state index contributed by atoms with van der Waals surface area (Å²) in [6.07, 6.45) is 0.620. The zero-order valence-corrected chi connectivity index (χ0v) is 21.6. The Kier molecular flexibility index (Phi) is 9.30. The number of ether oxygens (including phenoxy) is 1. The van der Waals surface area contributed by atoms with E-state index < -0.39 is 35.5 Å². The maximum absolute atomic E-state index is 12.9. The molecule has 0 aliphatic carbocycles. The lowest BCUT2D eigenvalue weighted by Gasteiger charge is -2.21. The summed E-state index contributed by atoms with van der Waals surface area (Å²) in [6, 6.07) is 9.89. The molecule has 1 heterocycles. The van der Waals surface area contributed by atoms with Crippen molar-refractivity contribution in [2.75, 3.05) is 7.11 Å². The summed E-state index contributed by atoms with van der Waals surface area (Å²) in [6.45, 7) is 3.52. The summed E-state index contributed by atoms with van der Waals surface area (Å²) in [5, 5.41) is 15.6. The van der Waals surface area contributed by atoms with Crippen molar-refractivity contribution < 1.29 is 28.6 Å². The van der Waals surface area contributed by atoms with Crippen molar-refractivity contribution in [3.8, 4) is 5.75 Å². The predicted octanol–water partition coefficient (Wildman–Crippen LogP) is 3.40. The van der Waals surface area contributed by atoms with Crippen LogP contribution in [0, 0.1) is 6.92 Å². The number of methoxy groups -OCH3 is 1. The molecular formula is C27H29ClN2O7. The third-order valence-corrected chi connectivity index (χ3v) is 6.32. The smallest absolute Gasteiger partial charge is 0.340 e. The van der Waals surface area contributed by atoms with Crippen LogP contribution >= 0.6 is 11.6 Å². The number of halogens is 1.